The van der Waals surface area contributed by atoms with Crippen LogP contribution in [0, 0.1) is 0 Å². The zero-order chi connectivity index (χ0) is 46.3. The first-order valence-corrected chi connectivity index (χ1v) is 20.4. The third kappa shape index (κ3) is 13.3. The average molecular weight is 890 g/mol. The van der Waals surface area contributed by atoms with Gasteiger partial charge in [-0.25, -0.2) is 4.79 Å². The van der Waals surface area contributed by atoms with Crippen LogP contribution in [0.3, 0.4) is 0 Å². The second-order valence-corrected chi connectivity index (χ2v) is 14.8. The van der Waals surface area contributed by atoms with Gasteiger partial charge in [-0.2, -0.15) is 0 Å². The van der Waals surface area contributed by atoms with Crippen molar-refractivity contribution in [2.75, 3.05) is 26.9 Å². The van der Waals surface area contributed by atoms with Crippen LogP contribution in [0.25, 0.3) is 11.1 Å². The molecular weight excluding hydrogens is 838 g/mol. The van der Waals surface area contributed by atoms with E-state index in [1.165, 1.54) is 7.05 Å². The zero-order valence-electron chi connectivity index (χ0n) is 35.9. The van der Waals surface area contributed by atoms with E-state index < -0.39 is 104 Å². The van der Waals surface area contributed by atoms with Gasteiger partial charge in [-0.05, 0) is 34.2 Å². The molecule has 342 valence electrons. The number of rotatable bonds is 19. The largest absolute Gasteiger partial charge is 0.463 e. The highest BCUT2D eigenvalue weighted by Crippen LogP contribution is 2.44. The minimum Gasteiger partial charge on any atom is -0.463 e. The van der Waals surface area contributed by atoms with E-state index in [2.05, 4.69) is 16.0 Å². The number of carbonyl (C=O) groups is 8. The standard InChI is InChI=1S/C45H51N3O16/c1-25(49)57-24-37-39(61-26(2)50)40(62-27(3)51)41(63-28(4)52)44(64-37)59-23-36(43(55)47-35(42(54)46-5)19-20-38(53)58-21-29-13-7-6-8-14-29)48-45(56)60-22-34-32-17-11-9-15-30(32)31-16-10-12-18-33(31)34/h6-18,34-37,39-41,44H,19-24H2,1-5H3,(H,46,54)(H,47,55)(H,48,56)/t35-,36-,37-,39-,40+,41+,44+/m1/s1. The number of nitrogens with one attached hydrogen (secondary N) is 3. The highest BCUT2D eigenvalue weighted by molar-refractivity contribution is 5.91. The molecule has 0 unspecified atom stereocenters. The van der Waals surface area contributed by atoms with Crippen molar-refractivity contribution in [1.29, 1.82) is 0 Å². The molecule has 1 heterocycles. The topological polar surface area (TPSA) is 246 Å². The van der Waals surface area contributed by atoms with Gasteiger partial charge in [-0.15, -0.1) is 0 Å². The molecule has 3 amide bonds. The Morgan fingerprint density at radius 1 is 0.609 bits per heavy atom. The van der Waals surface area contributed by atoms with Crippen LogP contribution >= 0.6 is 0 Å². The zero-order valence-corrected chi connectivity index (χ0v) is 35.9. The number of alkyl carbamates (subject to hydrolysis) is 1. The van der Waals surface area contributed by atoms with Gasteiger partial charge in [0.25, 0.3) is 0 Å². The summed E-state index contributed by atoms with van der Waals surface area (Å²) in [5, 5.41) is 7.45. The fraction of sp³-hybridized carbons (Fsp3) is 0.422. The van der Waals surface area contributed by atoms with Gasteiger partial charge in [0, 0.05) is 47.1 Å². The normalized spacial score (nSPS) is 19.5. The molecular formula is C45H51N3O16. The molecule has 3 N–H and O–H groups in total. The number of fused-ring (bicyclic) bond motifs is 3. The predicted octanol–water partition coefficient (Wildman–Crippen LogP) is 2.75. The summed E-state index contributed by atoms with van der Waals surface area (Å²) in [7, 11) is 1.33. The minimum atomic E-state index is -1.73. The van der Waals surface area contributed by atoms with Crippen LogP contribution < -0.4 is 16.0 Å². The Bertz CT molecular complexity index is 2120. The van der Waals surface area contributed by atoms with Crippen molar-refractivity contribution in [2.45, 2.75) is 95.9 Å². The number of likely N-dealkylation sites (N-methyl/N-ethyl adjacent to an activating group) is 1. The maximum absolute atomic E-state index is 14.1. The number of carbonyl (C=O) groups excluding carboxylic acids is 8. The van der Waals surface area contributed by atoms with Crippen molar-refractivity contribution in [3.63, 3.8) is 0 Å². The van der Waals surface area contributed by atoms with Crippen molar-refractivity contribution >= 4 is 47.8 Å². The smallest absolute Gasteiger partial charge is 0.407 e. The lowest BCUT2D eigenvalue weighted by Crippen LogP contribution is -2.63. The molecule has 64 heavy (non-hydrogen) atoms. The fourth-order valence-electron chi connectivity index (χ4n) is 7.27. The molecule has 19 nitrogen and oxygen atoms in total. The Labute approximate surface area is 368 Å². The lowest BCUT2D eigenvalue weighted by Gasteiger charge is -2.44. The molecule has 0 radical (unpaired) electrons. The van der Waals surface area contributed by atoms with E-state index in [1.54, 1.807) is 24.3 Å². The van der Waals surface area contributed by atoms with Gasteiger partial charge in [0.2, 0.25) is 11.8 Å². The first kappa shape index (κ1) is 48.2. The van der Waals surface area contributed by atoms with Gasteiger partial charge < -0.3 is 53.8 Å². The molecule has 1 fully saturated rings. The van der Waals surface area contributed by atoms with Crippen LogP contribution in [0.15, 0.2) is 78.9 Å². The molecule has 5 rings (SSSR count). The van der Waals surface area contributed by atoms with Gasteiger partial charge >= 0.3 is 35.9 Å². The number of benzene rings is 3. The molecule has 0 aromatic heterocycles. The van der Waals surface area contributed by atoms with Crippen LogP contribution in [0.1, 0.15) is 63.1 Å². The van der Waals surface area contributed by atoms with Gasteiger partial charge in [-0.3, -0.25) is 33.6 Å². The van der Waals surface area contributed by atoms with E-state index in [9.17, 15) is 38.4 Å². The Kier molecular flexibility index (Phi) is 17.3. The fourth-order valence-corrected chi connectivity index (χ4v) is 7.27. The van der Waals surface area contributed by atoms with E-state index in [-0.39, 0.29) is 32.0 Å². The Hall–Kier alpha value is -6.86. The van der Waals surface area contributed by atoms with Crippen LogP contribution in [0.4, 0.5) is 4.79 Å². The molecule has 7 atom stereocenters. The van der Waals surface area contributed by atoms with E-state index in [1.807, 2.05) is 54.6 Å². The molecule has 3 aromatic rings. The van der Waals surface area contributed by atoms with Crippen molar-refractivity contribution in [3.05, 3.63) is 95.6 Å². The van der Waals surface area contributed by atoms with Crippen molar-refractivity contribution in [1.82, 2.24) is 16.0 Å². The maximum atomic E-state index is 14.1. The molecule has 0 saturated carbocycles. The number of ether oxygens (including phenoxy) is 8. The number of hydrogen-bond acceptors (Lipinski definition) is 16. The first-order chi connectivity index (χ1) is 30.6. The molecule has 19 heteroatoms. The molecule has 2 aliphatic rings. The quantitative estimate of drug-likeness (QED) is 0.116. The van der Waals surface area contributed by atoms with Crippen molar-refractivity contribution in [3.8, 4) is 11.1 Å². The van der Waals surface area contributed by atoms with Crippen LogP contribution in [-0.2, 0) is 78.1 Å². The maximum Gasteiger partial charge on any atom is 0.407 e. The van der Waals surface area contributed by atoms with Crippen LogP contribution in [0.5, 0.6) is 0 Å². The third-order valence-corrected chi connectivity index (χ3v) is 10.1. The summed E-state index contributed by atoms with van der Waals surface area (Å²) in [6.45, 7) is 2.78. The van der Waals surface area contributed by atoms with Gasteiger partial charge in [0.05, 0.1) is 6.61 Å². The van der Waals surface area contributed by atoms with Gasteiger partial charge in [0.1, 0.15) is 38.0 Å². The summed E-state index contributed by atoms with van der Waals surface area (Å²) in [4.78, 5) is 102. The Morgan fingerprint density at radius 3 is 1.78 bits per heavy atom. The van der Waals surface area contributed by atoms with Crippen LogP contribution in [0.2, 0.25) is 0 Å². The number of esters is 5. The molecule has 1 aliphatic carbocycles. The molecule has 1 saturated heterocycles. The first-order valence-electron chi connectivity index (χ1n) is 20.4. The van der Waals surface area contributed by atoms with Gasteiger partial charge in [-0.1, -0.05) is 78.9 Å². The van der Waals surface area contributed by atoms with E-state index in [4.69, 9.17) is 37.9 Å². The average Bonchev–Trinajstić information content (AvgIpc) is 3.58. The second kappa shape index (κ2) is 23.0. The van der Waals surface area contributed by atoms with Crippen molar-refractivity contribution in [2.24, 2.45) is 0 Å². The second-order valence-electron chi connectivity index (χ2n) is 14.8. The Morgan fingerprint density at radius 2 is 1.19 bits per heavy atom. The summed E-state index contributed by atoms with van der Waals surface area (Å²) in [6.07, 6.45) is -9.40. The van der Waals surface area contributed by atoms with Gasteiger partial charge in [0.15, 0.2) is 24.6 Å². The highest BCUT2D eigenvalue weighted by atomic mass is 16.7. The third-order valence-electron chi connectivity index (χ3n) is 10.1. The highest BCUT2D eigenvalue weighted by Gasteiger charge is 2.53. The van der Waals surface area contributed by atoms with E-state index >= 15 is 0 Å². The lowest BCUT2D eigenvalue weighted by atomic mass is 9.98. The van der Waals surface area contributed by atoms with Crippen molar-refractivity contribution < 1.29 is 76.3 Å². The number of amides is 3. The molecule has 1 aliphatic heterocycles. The lowest BCUT2D eigenvalue weighted by molar-refractivity contribution is -0.308. The summed E-state index contributed by atoms with van der Waals surface area (Å²) in [5.41, 5.74) is 4.55. The monoisotopic (exact) mass is 889 g/mol. The summed E-state index contributed by atoms with van der Waals surface area (Å²) < 4.78 is 44.5. The van der Waals surface area contributed by atoms with Crippen LogP contribution in [-0.4, -0.2) is 117 Å². The summed E-state index contributed by atoms with van der Waals surface area (Å²) in [5.74, 6) is -6.03. The number of hydrogen-bond donors (Lipinski definition) is 3. The minimum absolute atomic E-state index is 0.0145. The van der Waals surface area contributed by atoms with E-state index in [0.717, 1.165) is 55.5 Å². The molecule has 0 bridgehead atoms. The molecule has 0 spiro atoms. The molecule has 3 aromatic carbocycles. The Balaban J connectivity index is 1.38. The predicted molar refractivity (Wildman–Crippen MR) is 221 cm³/mol. The summed E-state index contributed by atoms with van der Waals surface area (Å²) in [6, 6.07) is 21.3. The summed E-state index contributed by atoms with van der Waals surface area (Å²) >= 11 is 0. The van der Waals surface area contributed by atoms with E-state index in [0.29, 0.717) is 0 Å². The SMILES string of the molecule is CNC(=O)[C@@H](CCC(=O)OCc1ccccc1)NC(=O)[C@@H](CO[C@H]1O[C@H](COC(C)=O)[C@@H](OC(C)=O)[C@H](OC(C)=O)[C@@H]1OC(C)=O)NC(=O)OCC1c2ccccc2-c2ccccc21.